The predicted molar refractivity (Wildman–Crippen MR) is 68.9 cm³/mol. The van der Waals surface area contributed by atoms with Gasteiger partial charge in [0.1, 0.15) is 11.5 Å². The highest BCUT2D eigenvalue weighted by atomic mass is 16.5. The lowest BCUT2D eigenvalue weighted by molar-refractivity contribution is 0.399. The van der Waals surface area contributed by atoms with Gasteiger partial charge < -0.3 is 15.2 Å². The average molecular weight is 235 g/mol. The van der Waals surface area contributed by atoms with Gasteiger partial charge in [-0.3, -0.25) is 0 Å². The molecule has 0 aliphatic carbocycles. The van der Waals surface area contributed by atoms with Crippen molar-refractivity contribution in [2.75, 3.05) is 13.7 Å². The molecule has 1 aliphatic rings. The molecular weight excluding hydrogens is 214 g/mol. The third kappa shape index (κ3) is 2.39. The first-order valence-electron chi connectivity index (χ1n) is 6.23. The van der Waals surface area contributed by atoms with E-state index < -0.39 is 0 Å². The maximum absolute atomic E-state index is 10.2. The monoisotopic (exact) mass is 235 g/mol. The molecule has 0 spiro atoms. The molecular formula is C14H21NO2. The highest BCUT2D eigenvalue weighted by molar-refractivity contribution is 5.52. The van der Waals surface area contributed by atoms with Crippen molar-refractivity contribution in [3.05, 3.63) is 22.8 Å². The molecule has 1 heterocycles. The minimum absolute atomic E-state index is 0.399. The van der Waals surface area contributed by atoms with Crippen LogP contribution in [0.15, 0.2) is 6.07 Å². The van der Waals surface area contributed by atoms with Gasteiger partial charge in [0.15, 0.2) is 0 Å². The van der Waals surface area contributed by atoms with Gasteiger partial charge in [-0.2, -0.15) is 0 Å². The van der Waals surface area contributed by atoms with E-state index in [0.29, 0.717) is 11.8 Å². The van der Waals surface area contributed by atoms with Crippen LogP contribution in [0.2, 0.25) is 0 Å². The maximum atomic E-state index is 10.2. The van der Waals surface area contributed by atoms with Crippen molar-refractivity contribution in [1.82, 2.24) is 5.32 Å². The van der Waals surface area contributed by atoms with Crippen LogP contribution in [-0.4, -0.2) is 24.8 Å². The van der Waals surface area contributed by atoms with Crippen molar-refractivity contribution in [3.8, 4) is 11.5 Å². The number of nitrogens with one attached hydrogen (secondary N) is 1. The zero-order valence-electron chi connectivity index (χ0n) is 10.8. The van der Waals surface area contributed by atoms with Crippen LogP contribution < -0.4 is 10.1 Å². The van der Waals surface area contributed by atoms with E-state index in [1.165, 1.54) is 12.8 Å². The summed E-state index contributed by atoms with van der Waals surface area (Å²) < 4.78 is 5.26. The van der Waals surface area contributed by atoms with Crippen LogP contribution in [0, 0.1) is 13.8 Å². The van der Waals surface area contributed by atoms with Crippen LogP contribution in [0.4, 0.5) is 0 Å². The number of phenolic OH excluding ortho intramolecular Hbond substituents is 1. The summed E-state index contributed by atoms with van der Waals surface area (Å²) in [6.45, 7) is 5.03. The fourth-order valence-electron chi connectivity index (χ4n) is 2.57. The number of ether oxygens (including phenoxy) is 1. The molecule has 1 aromatic rings. The molecule has 1 unspecified atom stereocenters. The molecule has 1 atom stereocenters. The van der Waals surface area contributed by atoms with Gasteiger partial charge in [-0.25, -0.2) is 0 Å². The second-order valence-electron chi connectivity index (χ2n) is 4.85. The van der Waals surface area contributed by atoms with E-state index in [2.05, 4.69) is 5.32 Å². The first-order chi connectivity index (χ1) is 8.13. The van der Waals surface area contributed by atoms with Crippen LogP contribution in [-0.2, 0) is 6.42 Å². The second-order valence-corrected chi connectivity index (χ2v) is 4.85. The summed E-state index contributed by atoms with van der Waals surface area (Å²) in [7, 11) is 1.64. The summed E-state index contributed by atoms with van der Waals surface area (Å²) in [4.78, 5) is 0. The van der Waals surface area contributed by atoms with Crippen LogP contribution in [0.25, 0.3) is 0 Å². The van der Waals surface area contributed by atoms with Gasteiger partial charge in [-0.05, 0) is 56.8 Å². The van der Waals surface area contributed by atoms with E-state index >= 15 is 0 Å². The summed E-state index contributed by atoms with van der Waals surface area (Å²) in [6.07, 6.45) is 3.34. The lowest BCUT2D eigenvalue weighted by atomic mass is 9.96. The van der Waals surface area contributed by atoms with Crippen molar-refractivity contribution in [2.24, 2.45) is 0 Å². The maximum Gasteiger partial charge on any atom is 0.125 e. The number of benzene rings is 1. The number of methoxy groups -OCH3 is 1. The van der Waals surface area contributed by atoms with Crippen LogP contribution in [0.3, 0.4) is 0 Å². The lowest BCUT2D eigenvalue weighted by Crippen LogP contribution is -2.24. The Kier molecular flexibility index (Phi) is 3.57. The smallest absolute Gasteiger partial charge is 0.125 e. The van der Waals surface area contributed by atoms with Gasteiger partial charge in [0.25, 0.3) is 0 Å². The Bertz CT molecular complexity index is 409. The van der Waals surface area contributed by atoms with E-state index in [0.717, 1.165) is 35.4 Å². The van der Waals surface area contributed by atoms with E-state index in [-0.39, 0.29) is 0 Å². The molecule has 0 aromatic heterocycles. The fraction of sp³-hybridized carbons (Fsp3) is 0.571. The fourth-order valence-corrected chi connectivity index (χ4v) is 2.57. The number of rotatable bonds is 3. The summed E-state index contributed by atoms with van der Waals surface area (Å²) in [6, 6.07) is 2.52. The average Bonchev–Trinajstić information content (AvgIpc) is 2.82. The van der Waals surface area contributed by atoms with Crippen LogP contribution >= 0.6 is 0 Å². The van der Waals surface area contributed by atoms with Gasteiger partial charge >= 0.3 is 0 Å². The van der Waals surface area contributed by atoms with E-state index in [1.54, 1.807) is 7.11 Å². The predicted octanol–water partition coefficient (Wildman–Crippen LogP) is 2.31. The summed E-state index contributed by atoms with van der Waals surface area (Å²) in [5.41, 5.74) is 3.01. The second kappa shape index (κ2) is 4.96. The third-order valence-corrected chi connectivity index (χ3v) is 3.67. The van der Waals surface area contributed by atoms with E-state index in [4.69, 9.17) is 4.74 Å². The van der Waals surface area contributed by atoms with Crippen molar-refractivity contribution in [1.29, 1.82) is 0 Å². The molecule has 2 rings (SSSR count). The SMILES string of the molecule is COc1cc(C)c(CC2CCCN2)c(O)c1C. The Morgan fingerprint density at radius 2 is 2.24 bits per heavy atom. The first-order valence-corrected chi connectivity index (χ1v) is 6.23. The van der Waals surface area contributed by atoms with E-state index in [9.17, 15) is 5.11 Å². The van der Waals surface area contributed by atoms with Crippen molar-refractivity contribution in [3.63, 3.8) is 0 Å². The Morgan fingerprint density at radius 3 is 2.82 bits per heavy atom. The molecule has 1 fully saturated rings. The highest BCUT2D eigenvalue weighted by Gasteiger charge is 2.19. The summed E-state index contributed by atoms with van der Waals surface area (Å²) >= 11 is 0. The molecule has 1 aromatic carbocycles. The number of hydrogen-bond acceptors (Lipinski definition) is 3. The molecule has 0 amide bonds. The molecule has 0 saturated carbocycles. The summed E-state index contributed by atoms with van der Waals surface area (Å²) in [5.74, 6) is 1.17. The molecule has 1 saturated heterocycles. The third-order valence-electron chi connectivity index (χ3n) is 3.67. The molecule has 3 heteroatoms. The zero-order chi connectivity index (χ0) is 12.4. The Morgan fingerprint density at radius 1 is 1.47 bits per heavy atom. The number of aryl methyl sites for hydroxylation is 1. The van der Waals surface area contributed by atoms with Gasteiger partial charge in [-0.1, -0.05) is 0 Å². The van der Waals surface area contributed by atoms with Gasteiger partial charge in [0, 0.05) is 11.6 Å². The molecule has 1 aliphatic heterocycles. The first kappa shape index (κ1) is 12.2. The highest BCUT2D eigenvalue weighted by Crippen LogP contribution is 2.34. The standard InChI is InChI=1S/C14H21NO2/c1-9-7-13(17-3)10(2)14(16)12(9)8-11-5-4-6-15-11/h7,11,15-16H,4-6,8H2,1-3H3. The normalized spacial score (nSPS) is 19.6. The van der Waals surface area contributed by atoms with Crippen molar-refractivity contribution >= 4 is 0 Å². The molecule has 0 radical (unpaired) electrons. The quantitative estimate of drug-likeness (QED) is 0.844. The number of hydrogen-bond donors (Lipinski definition) is 2. The minimum atomic E-state index is 0.399. The van der Waals surface area contributed by atoms with Crippen molar-refractivity contribution < 1.29 is 9.84 Å². The van der Waals surface area contributed by atoms with Crippen molar-refractivity contribution in [2.45, 2.75) is 39.2 Å². The van der Waals surface area contributed by atoms with Gasteiger partial charge in [-0.15, -0.1) is 0 Å². The number of aromatic hydroxyl groups is 1. The lowest BCUT2D eigenvalue weighted by Gasteiger charge is -2.17. The minimum Gasteiger partial charge on any atom is -0.507 e. The number of phenols is 1. The Hall–Kier alpha value is -1.22. The molecule has 2 N–H and O–H groups in total. The van der Waals surface area contributed by atoms with Crippen LogP contribution in [0.5, 0.6) is 11.5 Å². The molecule has 0 bridgehead atoms. The summed E-state index contributed by atoms with van der Waals surface area (Å²) in [5, 5.41) is 13.7. The van der Waals surface area contributed by atoms with E-state index in [1.807, 2.05) is 19.9 Å². The Balaban J connectivity index is 2.29. The molecule has 3 nitrogen and oxygen atoms in total. The molecule has 94 valence electrons. The van der Waals surface area contributed by atoms with Gasteiger partial charge in [0.2, 0.25) is 0 Å². The van der Waals surface area contributed by atoms with Gasteiger partial charge in [0.05, 0.1) is 7.11 Å². The Labute approximate surface area is 103 Å². The van der Waals surface area contributed by atoms with Crippen LogP contribution in [0.1, 0.15) is 29.5 Å². The topological polar surface area (TPSA) is 41.5 Å². The largest absolute Gasteiger partial charge is 0.507 e. The zero-order valence-corrected chi connectivity index (χ0v) is 10.8. The molecule has 17 heavy (non-hydrogen) atoms.